The molecule has 0 fully saturated rings. The normalized spacial score (nSPS) is 11.3. The lowest BCUT2D eigenvalue weighted by Gasteiger charge is -2.30. The molecule has 0 aliphatic rings. The van der Waals surface area contributed by atoms with Gasteiger partial charge in [0, 0.05) is 6.42 Å². The van der Waals surface area contributed by atoms with E-state index in [0.29, 0.717) is 13.2 Å². The van der Waals surface area contributed by atoms with E-state index in [1.54, 1.807) is 0 Å². The van der Waals surface area contributed by atoms with Gasteiger partial charge in [-0.05, 0) is 29.7 Å². The second-order valence-corrected chi connectivity index (χ2v) is 9.15. The van der Waals surface area contributed by atoms with E-state index in [1.165, 1.54) is 5.56 Å². The molecule has 0 spiro atoms. The number of rotatable bonds is 11. The lowest BCUT2D eigenvalue weighted by molar-refractivity contribution is -0.889. The van der Waals surface area contributed by atoms with Crippen molar-refractivity contribution in [3.8, 4) is 5.75 Å². The summed E-state index contributed by atoms with van der Waals surface area (Å²) in [6, 6.07) is 18.4. The van der Waals surface area contributed by atoms with Crippen molar-refractivity contribution in [2.75, 3.05) is 45.2 Å². The molecule has 0 radical (unpaired) electrons. The Bertz CT molecular complexity index is 1090. The third-order valence-corrected chi connectivity index (χ3v) is 5.80. The van der Waals surface area contributed by atoms with Gasteiger partial charge in [-0.2, -0.15) is 0 Å². The van der Waals surface area contributed by atoms with E-state index in [2.05, 4.69) is 53.6 Å². The lowest BCUT2D eigenvalue weighted by atomic mass is 10.1. The summed E-state index contributed by atoms with van der Waals surface area (Å²) in [5.41, 5.74) is 13.7. The Morgan fingerprint density at radius 2 is 1.68 bits per heavy atom. The number of ether oxygens (including phenoxy) is 1. The van der Waals surface area contributed by atoms with E-state index in [1.807, 2.05) is 30.3 Å². The van der Waals surface area contributed by atoms with Crippen molar-refractivity contribution in [2.45, 2.75) is 19.4 Å². The van der Waals surface area contributed by atoms with Crippen LogP contribution in [0.15, 0.2) is 54.6 Å². The molecule has 0 saturated heterocycles. The number of aryl methyl sites for hydroxylation is 1. The molecular formula is C25H32ClN6O2+. The molecule has 0 atom stereocenters. The number of amides is 1. The number of aromatic nitrogens is 2. The van der Waals surface area contributed by atoms with Gasteiger partial charge in [-0.25, -0.2) is 9.97 Å². The molecule has 3 aromatic rings. The highest BCUT2D eigenvalue weighted by Crippen LogP contribution is 2.18. The molecule has 1 aromatic heterocycles. The Kier molecular flexibility index (Phi) is 8.67. The number of nitrogens with one attached hydrogen (secondary N) is 1. The Labute approximate surface area is 205 Å². The van der Waals surface area contributed by atoms with Gasteiger partial charge in [-0.3, -0.25) is 4.79 Å². The van der Waals surface area contributed by atoms with Crippen molar-refractivity contribution in [3.63, 3.8) is 0 Å². The SMILES string of the molecule is C[N+](C)(CCCc1ccc(OCc2ccccc2)cc1)CCNC(=O)c1nc(Cl)c(N)nc1N. The smallest absolute Gasteiger partial charge is 0.273 e. The van der Waals surface area contributed by atoms with Gasteiger partial charge < -0.3 is 26.0 Å². The third kappa shape index (κ3) is 7.60. The molecule has 9 heteroatoms. The highest BCUT2D eigenvalue weighted by Gasteiger charge is 2.18. The van der Waals surface area contributed by atoms with Gasteiger partial charge in [0.1, 0.15) is 12.4 Å². The van der Waals surface area contributed by atoms with E-state index in [0.717, 1.165) is 41.7 Å². The highest BCUT2D eigenvalue weighted by molar-refractivity contribution is 6.31. The number of carbonyl (C=O) groups excluding carboxylic acids is 1. The summed E-state index contributed by atoms with van der Waals surface area (Å²) < 4.78 is 6.62. The molecule has 1 amide bonds. The first-order valence-electron chi connectivity index (χ1n) is 11.2. The van der Waals surface area contributed by atoms with Crippen LogP contribution in [-0.4, -0.2) is 54.1 Å². The molecule has 2 aromatic carbocycles. The zero-order chi connectivity index (χ0) is 24.6. The zero-order valence-corrected chi connectivity index (χ0v) is 20.4. The predicted octanol–water partition coefficient (Wildman–Crippen LogP) is 3.31. The second-order valence-electron chi connectivity index (χ2n) is 8.79. The molecule has 0 unspecified atom stereocenters. The molecule has 0 saturated carbocycles. The number of nitrogen functional groups attached to an aromatic ring is 2. The largest absolute Gasteiger partial charge is 0.489 e. The first-order valence-corrected chi connectivity index (χ1v) is 11.6. The van der Waals surface area contributed by atoms with Gasteiger partial charge in [0.05, 0.1) is 33.7 Å². The first kappa shape index (κ1) is 25.3. The van der Waals surface area contributed by atoms with Gasteiger partial charge in [0.15, 0.2) is 22.5 Å². The van der Waals surface area contributed by atoms with Gasteiger partial charge in [0.25, 0.3) is 5.91 Å². The first-order chi connectivity index (χ1) is 16.2. The quantitative estimate of drug-likeness (QED) is 0.360. The number of likely N-dealkylation sites (N-methyl/N-ethyl adjacent to an activating group) is 1. The molecular weight excluding hydrogens is 452 g/mol. The van der Waals surface area contributed by atoms with E-state index in [-0.39, 0.29) is 22.5 Å². The van der Waals surface area contributed by atoms with Crippen molar-refractivity contribution in [1.29, 1.82) is 0 Å². The fourth-order valence-corrected chi connectivity index (χ4v) is 3.61. The van der Waals surface area contributed by atoms with Crippen LogP contribution in [0.4, 0.5) is 11.6 Å². The maximum absolute atomic E-state index is 12.4. The summed E-state index contributed by atoms with van der Waals surface area (Å²) in [5.74, 6) is 0.418. The van der Waals surface area contributed by atoms with Gasteiger partial charge in [-0.15, -0.1) is 0 Å². The molecule has 34 heavy (non-hydrogen) atoms. The molecule has 0 aliphatic carbocycles. The minimum atomic E-state index is -0.415. The fourth-order valence-electron chi connectivity index (χ4n) is 3.48. The lowest BCUT2D eigenvalue weighted by Crippen LogP contribution is -2.46. The van der Waals surface area contributed by atoms with Crippen LogP contribution >= 0.6 is 11.6 Å². The molecule has 3 rings (SSSR count). The number of benzene rings is 2. The van der Waals surface area contributed by atoms with Crippen molar-refractivity contribution in [2.24, 2.45) is 0 Å². The van der Waals surface area contributed by atoms with Crippen molar-refractivity contribution in [1.82, 2.24) is 15.3 Å². The van der Waals surface area contributed by atoms with Crippen molar-refractivity contribution < 1.29 is 14.0 Å². The minimum Gasteiger partial charge on any atom is -0.489 e. The number of anilines is 2. The van der Waals surface area contributed by atoms with E-state index >= 15 is 0 Å². The summed E-state index contributed by atoms with van der Waals surface area (Å²) >= 11 is 5.85. The van der Waals surface area contributed by atoms with E-state index < -0.39 is 5.91 Å². The standard InChI is InChI=1S/C25H31ClN6O2/c1-32(2,16-14-29-25(33)21-23(27)31-24(28)22(26)30-21)15-6-9-18-10-12-20(13-11-18)34-17-19-7-4-3-5-8-19/h3-5,7-8,10-13H,6,9,14-17H2,1-2H3,(H4-,27,28,29,31,33)/p+1. The summed E-state index contributed by atoms with van der Waals surface area (Å²) in [4.78, 5) is 20.1. The number of halogens is 1. The zero-order valence-electron chi connectivity index (χ0n) is 19.6. The van der Waals surface area contributed by atoms with Crippen molar-refractivity contribution in [3.05, 3.63) is 76.6 Å². The Balaban J connectivity index is 1.38. The number of nitrogens with zero attached hydrogens (tertiary/aromatic N) is 3. The average molecular weight is 484 g/mol. The summed E-state index contributed by atoms with van der Waals surface area (Å²) in [6.45, 7) is 2.77. The minimum absolute atomic E-state index is 0.00265. The number of nitrogens with two attached hydrogens (primary N) is 2. The summed E-state index contributed by atoms with van der Waals surface area (Å²) in [7, 11) is 4.28. The third-order valence-electron chi connectivity index (χ3n) is 5.52. The maximum atomic E-state index is 12.4. The van der Waals surface area contributed by atoms with Crippen LogP contribution in [-0.2, 0) is 13.0 Å². The molecule has 180 valence electrons. The van der Waals surface area contributed by atoms with E-state index in [4.69, 9.17) is 27.8 Å². The van der Waals surface area contributed by atoms with Gasteiger partial charge in [0.2, 0.25) is 0 Å². The average Bonchev–Trinajstić information content (AvgIpc) is 2.81. The van der Waals surface area contributed by atoms with Crippen LogP contribution in [0.1, 0.15) is 28.0 Å². The monoisotopic (exact) mass is 483 g/mol. The second kappa shape index (κ2) is 11.7. The fraction of sp³-hybridized carbons (Fsp3) is 0.320. The number of quaternary nitrogens is 1. The summed E-state index contributed by atoms with van der Waals surface area (Å²) in [6.07, 6.45) is 2.00. The van der Waals surface area contributed by atoms with Crippen LogP contribution < -0.4 is 21.5 Å². The molecule has 1 heterocycles. The topological polar surface area (TPSA) is 116 Å². The van der Waals surface area contributed by atoms with E-state index in [9.17, 15) is 4.79 Å². The van der Waals surface area contributed by atoms with Crippen LogP contribution in [0.2, 0.25) is 5.15 Å². The molecule has 5 N–H and O–H groups in total. The van der Waals surface area contributed by atoms with Crippen LogP contribution in [0.25, 0.3) is 0 Å². The summed E-state index contributed by atoms with van der Waals surface area (Å²) in [5, 5.41) is 2.79. The Morgan fingerprint density at radius 3 is 2.38 bits per heavy atom. The number of hydrogen-bond acceptors (Lipinski definition) is 6. The van der Waals surface area contributed by atoms with Gasteiger partial charge >= 0.3 is 0 Å². The molecule has 0 aliphatic heterocycles. The van der Waals surface area contributed by atoms with Crippen LogP contribution in [0, 0.1) is 0 Å². The maximum Gasteiger partial charge on any atom is 0.273 e. The van der Waals surface area contributed by atoms with Gasteiger partial charge in [-0.1, -0.05) is 54.1 Å². The number of hydrogen-bond donors (Lipinski definition) is 3. The number of carbonyl (C=O) groups is 1. The van der Waals surface area contributed by atoms with Crippen LogP contribution in [0.5, 0.6) is 5.75 Å². The Morgan fingerprint density at radius 1 is 0.971 bits per heavy atom. The predicted molar refractivity (Wildman–Crippen MR) is 136 cm³/mol. The highest BCUT2D eigenvalue weighted by atomic mass is 35.5. The Hall–Kier alpha value is -3.36. The molecule has 0 bridgehead atoms. The van der Waals surface area contributed by atoms with Crippen LogP contribution in [0.3, 0.4) is 0 Å². The molecule has 8 nitrogen and oxygen atoms in total. The van der Waals surface area contributed by atoms with Crippen molar-refractivity contribution >= 4 is 29.1 Å².